The summed E-state index contributed by atoms with van der Waals surface area (Å²) < 4.78 is 11.2. The van der Waals surface area contributed by atoms with Crippen molar-refractivity contribution in [3.63, 3.8) is 0 Å². The Balaban J connectivity index is 2.55. The molecule has 0 saturated carbocycles. The average molecular weight is 295 g/mol. The lowest BCUT2D eigenvalue weighted by Gasteiger charge is -2.30. The average Bonchev–Trinajstić information content (AvgIpc) is 2.42. The van der Waals surface area contributed by atoms with Gasteiger partial charge in [0.2, 0.25) is 11.8 Å². The third-order valence-corrected chi connectivity index (χ3v) is 3.23. The van der Waals surface area contributed by atoms with E-state index in [4.69, 9.17) is 15.2 Å². The Labute approximate surface area is 128 Å². The van der Waals surface area contributed by atoms with E-state index in [0.29, 0.717) is 42.7 Å². The molecule has 0 saturated heterocycles. The summed E-state index contributed by atoms with van der Waals surface area (Å²) in [5.41, 5.74) is 6.38. The maximum atomic E-state index is 5.84. The van der Waals surface area contributed by atoms with Crippen molar-refractivity contribution >= 4 is 5.69 Å². The van der Waals surface area contributed by atoms with Crippen molar-refractivity contribution in [3.8, 4) is 11.8 Å². The fourth-order valence-corrected chi connectivity index (χ4v) is 2.20. The van der Waals surface area contributed by atoms with Crippen molar-refractivity contribution in [1.29, 1.82) is 0 Å². The molecule has 0 bridgehead atoms. The van der Waals surface area contributed by atoms with Crippen LogP contribution < -0.4 is 15.2 Å². The van der Waals surface area contributed by atoms with E-state index in [1.807, 2.05) is 6.92 Å². The van der Waals surface area contributed by atoms with Crippen molar-refractivity contribution in [2.45, 2.75) is 53.1 Å². The molecule has 21 heavy (non-hydrogen) atoms. The number of aromatic nitrogens is 1. The molecule has 1 rings (SSSR count). The topological polar surface area (TPSA) is 60.6 Å². The van der Waals surface area contributed by atoms with Gasteiger partial charge in [-0.15, -0.1) is 0 Å². The maximum absolute atomic E-state index is 5.84. The third kappa shape index (κ3) is 5.79. The Bertz CT molecular complexity index is 414. The Hall–Kier alpha value is -1.49. The van der Waals surface area contributed by atoms with Gasteiger partial charge < -0.3 is 15.2 Å². The van der Waals surface area contributed by atoms with Gasteiger partial charge in [-0.1, -0.05) is 6.92 Å². The second-order valence-electron chi connectivity index (χ2n) is 5.67. The number of rotatable bonds is 9. The standard InChI is InChI=1S/C16H29N3O2/c1-6-10-21-16-14(17)7-8-15(18-16)20-11-9-19(12(2)3)13(4)5/h7-8,12-13H,6,9-11,17H2,1-5H3. The second-order valence-corrected chi connectivity index (χ2v) is 5.67. The first-order valence-corrected chi connectivity index (χ1v) is 7.73. The van der Waals surface area contributed by atoms with Crippen LogP contribution in [-0.2, 0) is 0 Å². The molecule has 5 heteroatoms. The first-order valence-electron chi connectivity index (χ1n) is 7.73. The van der Waals surface area contributed by atoms with Gasteiger partial charge in [-0.05, 0) is 40.2 Å². The van der Waals surface area contributed by atoms with Gasteiger partial charge in [0, 0.05) is 24.7 Å². The predicted molar refractivity (Wildman–Crippen MR) is 86.9 cm³/mol. The van der Waals surface area contributed by atoms with Crippen LogP contribution in [0.4, 0.5) is 5.69 Å². The predicted octanol–water partition coefficient (Wildman–Crippen LogP) is 2.95. The summed E-state index contributed by atoms with van der Waals surface area (Å²) in [6.45, 7) is 12.9. The zero-order valence-electron chi connectivity index (χ0n) is 13.9. The highest BCUT2D eigenvalue weighted by atomic mass is 16.5. The molecule has 0 spiro atoms. The third-order valence-electron chi connectivity index (χ3n) is 3.23. The summed E-state index contributed by atoms with van der Waals surface area (Å²) in [5, 5.41) is 0. The molecule has 2 N–H and O–H groups in total. The number of hydrogen-bond acceptors (Lipinski definition) is 5. The lowest BCUT2D eigenvalue weighted by molar-refractivity contribution is 0.139. The van der Waals surface area contributed by atoms with Gasteiger partial charge in [-0.3, -0.25) is 4.90 Å². The molecule has 0 aliphatic rings. The van der Waals surface area contributed by atoms with Crippen molar-refractivity contribution in [2.24, 2.45) is 0 Å². The quantitative estimate of drug-likeness (QED) is 0.759. The molecule has 0 radical (unpaired) electrons. The van der Waals surface area contributed by atoms with Crippen LogP contribution in [0, 0.1) is 0 Å². The van der Waals surface area contributed by atoms with Crippen LogP contribution >= 0.6 is 0 Å². The Kier molecular flexibility index (Phi) is 7.29. The van der Waals surface area contributed by atoms with Crippen LogP contribution in [0.15, 0.2) is 12.1 Å². The molecular formula is C16H29N3O2. The van der Waals surface area contributed by atoms with E-state index in [-0.39, 0.29) is 0 Å². The fraction of sp³-hybridized carbons (Fsp3) is 0.688. The van der Waals surface area contributed by atoms with Gasteiger partial charge in [0.25, 0.3) is 0 Å². The highest BCUT2D eigenvalue weighted by Gasteiger charge is 2.13. The summed E-state index contributed by atoms with van der Waals surface area (Å²) in [6, 6.07) is 4.55. The van der Waals surface area contributed by atoms with Crippen LogP contribution in [-0.4, -0.2) is 41.7 Å². The van der Waals surface area contributed by atoms with Crippen LogP contribution in [0.3, 0.4) is 0 Å². The molecule has 1 heterocycles. The van der Waals surface area contributed by atoms with E-state index in [1.54, 1.807) is 12.1 Å². The van der Waals surface area contributed by atoms with Crippen LogP contribution in [0.5, 0.6) is 11.8 Å². The van der Waals surface area contributed by atoms with Crippen LogP contribution in [0.2, 0.25) is 0 Å². The summed E-state index contributed by atoms with van der Waals surface area (Å²) in [5.74, 6) is 1.02. The zero-order chi connectivity index (χ0) is 15.8. The lowest BCUT2D eigenvalue weighted by Crippen LogP contribution is -2.39. The number of ether oxygens (including phenoxy) is 2. The molecule has 0 aromatic carbocycles. The van der Waals surface area contributed by atoms with E-state index in [0.717, 1.165) is 13.0 Å². The molecule has 1 aromatic rings. The fourth-order valence-electron chi connectivity index (χ4n) is 2.20. The summed E-state index contributed by atoms with van der Waals surface area (Å²) >= 11 is 0. The first kappa shape index (κ1) is 17.6. The summed E-state index contributed by atoms with van der Waals surface area (Å²) in [7, 11) is 0. The summed E-state index contributed by atoms with van der Waals surface area (Å²) in [6.07, 6.45) is 0.921. The lowest BCUT2D eigenvalue weighted by atomic mass is 10.2. The summed E-state index contributed by atoms with van der Waals surface area (Å²) in [4.78, 5) is 6.69. The molecular weight excluding hydrogens is 266 g/mol. The minimum Gasteiger partial charge on any atom is -0.476 e. The minimum absolute atomic E-state index is 0.457. The van der Waals surface area contributed by atoms with Crippen molar-refractivity contribution in [1.82, 2.24) is 9.88 Å². The molecule has 0 amide bonds. The molecule has 0 aliphatic heterocycles. The van der Waals surface area contributed by atoms with E-state index in [1.165, 1.54) is 0 Å². The molecule has 0 atom stereocenters. The maximum Gasteiger partial charge on any atom is 0.240 e. The molecule has 0 fully saturated rings. The van der Waals surface area contributed by atoms with E-state index >= 15 is 0 Å². The van der Waals surface area contributed by atoms with Crippen LogP contribution in [0.1, 0.15) is 41.0 Å². The number of nitrogens with two attached hydrogens (primary N) is 1. The van der Waals surface area contributed by atoms with E-state index in [9.17, 15) is 0 Å². The minimum atomic E-state index is 0.457. The number of nitrogen functional groups attached to an aromatic ring is 1. The van der Waals surface area contributed by atoms with Gasteiger partial charge in [0.05, 0.1) is 12.3 Å². The van der Waals surface area contributed by atoms with E-state index < -0.39 is 0 Å². The highest BCUT2D eigenvalue weighted by molar-refractivity contribution is 5.49. The zero-order valence-corrected chi connectivity index (χ0v) is 13.9. The molecule has 1 aromatic heterocycles. The van der Waals surface area contributed by atoms with E-state index in [2.05, 4.69) is 37.6 Å². The Morgan fingerprint density at radius 1 is 1.10 bits per heavy atom. The number of nitrogens with zero attached hydrogens (tertiary/aromatic N) is 2. The monoisotopic (exact) mass is 295 g/mol. The Morgan fingerprint density at radius 3 is 2.33 bits per heavy atom. The van der Waals surface area contributed by atoms with Gasteiger partial charge >= 0.3 is 0 Å². The van der Waals surface area contributed by atoms with Crippen molar-refractivity contribution in [2.75, 3.05) is 25.5 Å². The largest absolute Gasteiger partial charge is 0.476 e. The van der Waals surface area contributed by atoms with Gasteiger partial charge in [-0.25, -0.2) is 0 Å². The highest BCUT2D eigenvalue weighted by Crippen LogP contribution is 2.22. The van der Waals surface area contributed by atoms with Crippen molar-refractivity contribution in [3.05, 3.63) is 12.1 Å². The van der Waals surface area contributed by atoms with Crippen LogP contribution in [0.25, 0.3) is 0 Å². The molecule has 0 aliphatic carbocycles. The molecule has 120 valence electrons. The van der Waals surface area contributed by atoms with Gasteiger partial charge in [0.15, 0.2) is 0 Å². The first-order chi connectivity index (χ1) is 9.95. The molecule has 5 nitrogen and oxygen atoms in total. The Morgan fingerprint density at radius 2 is 1.76 bits per heavy atom. The van der Waals surface area contributed by atoms with Gasteiger partial charge in [-0.2, -0.15) is 4.98 Å². The smallest absolute Gasteiger partial charge is 0.240 e. The SMILES string of the molecule is CCCOc1nc(OCCN(C(C)C)C(C)C)ccc1N. The molecule has 0 unspecified atom stereocenters. The number of hydrogen-bond donors (Lipinski definition) is 1. The van der Waals surface area contributed by atoms with Gasteiger partial charge in [0.1, 0.15) is 6.61 Å². The number of pyridine rings is 1. The normalized spacial score (nSPS) is 11.4. The number of anilines is 1. The van der Waals surface area contributed by atoms with Crippen molar-refractivity contribution < 1.29 is 9.47 Å². The second kappa shape index (κ2) is 8.72.